The Balaban J connectivity index is 1.86. The van der Waals surface area contributed by atoms with Crippen LogP contribution in [0.5, 0.6) is 11.5 Å². The number of aliphatic hydroxyl groups excluding tert-OH is 1. The molecule has 134 valence electrons. The van der Waals surface area contributed by atoms with E-state index in [1.54, 1.807) is 6.20 Å². The van der Waals surface area contributed by atoms with Gasteiger partial charge in [0.15, 0.2) is 11.5 Å². The average Bonchev–Trinajstić information content (AvgIpc) is 3.05. The molecule has 1 aromatic carbocycles. The Morgan fingerprint density at radius 1 is 1.48 bits per heavy atom. The molecule has 0 aromatic heterocycles. The first-order valence-corrected chi connectivity index (χ1v) is 8.34. The summed E-state index contributed by atoms with van der Waals surface area (Å²) in [5.74, 6) is -0.849. The normalized spacial score (nSPS) is 25.8. The molecule has 0 spiro atoms. The predicted molar refractivity (Wildman–Crippen MR) is 89.8 cm³/mol. The van der Waals surface area contributed by atoms with Crippen molar-refractivity contribution in [3.05, 3.63) is 35.5 Å². The Bertz CT molecular complexity index is 753. The number of carbonyl (C=O) groups excluding carboxylic acids is 1. The maximum Gasteiger partial charge on any atom is 0.338 e. The lowest BCUT2D eigenvalue weighted by Crippen LogP contribution is -2.42. The van der Waals surface area contributed by atoms with Gasteiger partial charge in [-0.15, -0.1) is 11.8 Å². The first kappa shape index (κ1) is 17.4. The van der Waals surface area contributed by atoms with Crippen molar-refractivity contribution in [2.24, 2.45) is 10.7 Å². The van der Waals surface area contributed by atoms with Crippen LogP contribution in [0.4, 0.5) is 0 Å². The van der Waals surface area contributed by atoms with Gasteiger partial charge in [0.2, 0.25) is 6.35 Å². The summed E-state index contributed by atoms with van der Waals surface area (Å²) < 4.78 is 10.6. The Hall–Kier alpha value is -2.43. The zero-order valence-electron chi connectivity index (χ0n) is 13.2. The van der Waals surface area contributed by atoms with E-state index in [1.165, 1.54) is 42.0 Å². The summed E-state index contributed by atoms with van der Waals surface area (Å²) in [6.45, 7) is 0. The van der Waals surface area contributed by atoms with Gasteiger partial charge < -0.3 is 35.4 Å². The monoisotopic (exact) mass is 367 g/mol. The molecule has 2 aliphatic rings. The van der Waals surface area contributed by atoms with Crippen LogP contribution in [0, 0.1) is 0 Å². The summed E-state index contributed by atoms with van der Waals surface area (Å²) in [7, 11) is 1.22. The molecule has 2 heterocycles. The van der Waals surface area contributed by atoms with Crippen LogP contribution in [0.2, 0.25) is 0 Å². The molecule has 25 heavy (non-hydrogen) atoms. The highest BCUT2D eigenvalue weighted by Gasteiger charge is 2.37. The summed E-state index contributed by atoms with van der Waals surface area (Å²) in [5.41, 5.74) is 5.00. The molecule has 10 heteroatoms. The minimum Gasteiger partial charge on any atom is -0.504 e. The van der Waals surface area contributed by atoms with E-state index < -0.39 is 29.7 Å². The van der Waals surface area contributed by atoms with Gasteiger partial charge in [-0.05, 0) is 18.2 Å². The van der Waals surface area contributed by atoms with Crippen LogP contribution in [0.3, 0.4) is 0 Å². The quantitative estimate of drug-likeness (QED) is 0.443. The predicted octanol–water partition coefficient (Wildman–Crippen LogP) is 0.435. The first-order valence-electron chi connectivity index (χ1n) is 7.29. The standard InChI is InChI=1S/C15H17N3O6S/c1-23-13(21)7-2-3-8(19)12(20)11(7)14-24-10(6-25-14)18-5-4-9(16)17-15(18)22/h2-5,10,14-15,19-20,22H,6H2,1H3,(H2,16,17)/t10-,14+,15?/m0/s1. The lowest BCUT2D eigenvalue weighted by molar-refractivity contribution is -0.0918. The molecule has 0 bridgehead atoms. The number of aliphatic imine (C=N–C) groups is 1. The second-order valence-corrected chi connectivity index (χ2v) is 6.40. The maximum absolute atomic E-state index is 12.0. The molecule has 0 radical (unpaired) electrons. The molecular formula is C15H17N3O6S. The minimum atomic E-state index is -1.19. The Morgan fingerprint density at radius 3 is 2.92 bits per heavy atom. The molecule has 1 unspecified atom stereocenters. The van der Waals surface area contributed by atoms with Crippen molar-refractivity contribution < 1.29 is 29.6 Å². The van der Waals surface area contributed by atoms with Crippen LogP contribution in [-0.2, 0) is 9.47 Å². The molecular weight excluding hydrogens is 350 g/mol. The third-order valence-electron chi connectivity index (χ3n) is 3.79. The third-order valence-corrected chi connectivity index (χ3v) is 4.92. The van der Waals surface area contributed by atoms with Gasteiger partial charge in [0.25, 0.3) is 0 Å². The van der Waals surface area contributed by atoms with Crippen LogP contribution in [0.15, 0.2) is 29.4 Å². The number of thioether (sulfide) groups is 1. The van der Waals surface area contributed by atoms with Gasteiger partial charge in [-0.3, -0.25) is 0 Å². The number of esters is 1. The maximum atomic E-state index is 12.0. The Labute approximate surface area is 147 Å². The van der Waals surface area contributed by atoms with E-state index in [4.69, 9.17) is 15.2 Å². The molecule has 9 nitrogen and oxygen atoms in total. The number of methoxy groups -OCH3 is 1. The van der Waals surface area contributed by atoms with Crippen LogP contribution >= 0.6 is 11.8 Å². The van der Waals surface area contributed by atoms with Gasteiger partial charge in [-0.1, -0.05) is 0 Å². The lowest BCUT2D eigenvalue weighted by atomic mass is 10.1. The van der Waals surface area contributed by atoms with E-state index in [1.807, 2.05) is 0 Å². The van der Waals surface area contributed by atoms with Crippen LogP contribution in [0.25, 0.3) is 0 Å². The fourth-order valence-corrected chi connectivity index (χ4v) is 3.75. The number of phenols is 2. The highest BCUT2D eigenvalue weighted by atomic mass is 32.2. The number of aliphatic hydroxyl groups is 1. The number of hydrogen-bond acceptors (Lipinski definition) is 10. The first-order chi connectivity index (χ1) is 11.9. The number of nitrogens with zero attached hydrogens (tertiary/aromatic N) is 2. The van der Waals surface area contributed by atoms with Gasteiger partial charge in [0.05, 0.1) is 18.2 Å². The van der Waals surface area contributed by atoms with Crippen molar-refractivity contribution in [3.63, 3.8) is 0 Å². The number of phenolic OH excluding ortho intramolecular Hbond substituents is 2. The Kier molecular flexibility index (Phi) is 4.75. The van der Waals surface area contributed by atoms with Crippen molar-refractivity contribution in [3.8, 4) is 11.5 Å². The fourth-order valence-electron chi connectivity index (χ4n) is 2.55. The summed E-state index contributed by atoms with van der Waals surface area (Å²) in [5, 5.41) is 30.0. The van der Waals surface area contributed by atoms with Gasteiger partial charge in [-0.25, -0.2) is 9.79 Å². The second kappa shape index (κ2) is 6.82. The van der Waals surface area contributed by atoms with Crippen LogP contribution in [0.1, 0.15) is 21.4 Å². The number of aromatic hydroxyl groups is 2. The molecule has 5 N–H and O–H groups in total. The van der Waals surface area contributed by atoms with Crippen LogP contribution < -0.4 is 5.73 Å². The van der Waals surface area contributed by atoms with Gasteiger partial charge in [-0.2, -0.15) is 0 Å². The van der Waals surface area contributed by atoms with Crippen molar-refractivity contribution in [2.45, 2.75) is 18.0 Å². The summed E-state index contributed by atoms with van der Waals surface area (Å²) >= 11 is 1.30. The molecule has 0 aliphatic carbocycles. The molecule has 1 aromatic rings. The molecule has 0 amide bonds. The highest BCUT2D eigenvalue weighted by molar-refractivity contribution is 7.99. The molecule has 1 saturated heterocycles. The number of hydrogen-bond donors (Lipinski definition) is 4. The largest absolute Gasteiger partial charge is 0.504 e. The molecule has 1 fully saturated rings. The summed E-state index contributed by atoms with van der Waals surface area (Å²) in [4.78, 5) is 17.2. The van der Waals surface area contributed by atoms with Gasteiger partial charge in [0, 0.05) is 12.0 Å². The fraction of sp³-hybridized carbons (Fsp3) is 0.333. The number of benzene rings is 1. The second-order valence-electron chi connectivity index (χ2n) is 5.31. The topological polar surface area (TPSA) is 138 Å². The average molecular weight is 367 g/mol. The van der Waals surface area contributed by atoms with Crippen molar-refractivity contribution in [2.75, 3.05) is 12.9 Å². The number of carbonyl (C=O) groups is 1. The Morgan fingerprint density at radius 2 is 2.24 bits per heavy atom. The molecule has 0 saturated carbocycles. The SMILES string of the molecule is COC(=O)c1ccc(O)c(O)c1[C@@H]1O[C@H](N2C=CC(N)=NC2O)CS1. The van der Waals surface area contributed by atoms with E-state index in [2.05, 4.69) is 4.99 Å². The smallest absolute Gasteiger partial charge is 0.338 e. The van der Waals surface area contributed by atoms with E-state index in [-0.39, 0.29) is 22.7 Å². The number of nitrogens with two attached hydrogens (primary N) is 1. The van der Waals surface area contributed by atoms with E-state index in [9.17, 15) is 20.1 Å². The zero-order chi connectivity index (χ0) is 18.1. The molecule has 3 rings (SSSR count). The number of amidine groups is 1. The molecule has 3 atom stereocenters. The van der Waals surface area contributed by atoms with E-state index in [0.29, 0.717) is 5.75 Å². The number of ether oxygens (including phenoxy) is 2. The van der Waals surface area contributed by atoms with Gasteiger partial charge in [0.1, 0.15) is 17.5 Å². The van der Waals surface area contributed by atoms with Crippen molar-refractivity contribution in [1.82, 2.24) is 4.90 Å². The highest BCUT2D eigenvalue weighted by Crippen LogP contribution is 2.47. The third kappa shape index (κ3) is 3.23. The van der Waals surface area contributed by atoms with Crippen molar-refractivity contribution in [1.29, 1.82) is 0 Å². The lowest BCUT2D eigenvalue weighted by Gasteiger charge is -2.31. The zero-order valence-corrected chi connectivity index (χ0v) is 14.0. The van der Waals surface area contributed by atoms with Gasteiger partial charge >= 0.3 is 5.97 Å². The van der Waals surface area contributed by atoms with Crippen LogP contribution in [-0.4, -0.2) is 57.5 Å². The summed E-state index contributed by atoms with van der Waals surface area (Å²) in [6, 6.07) is 2.56. The minimum absolute atomic E-state index is 0.0907. The van der Waals surface area contributed by atoms with Crippen molar-refractivity contribution >= 4 is 23.6 Å². The molecule has 2 aliphatic heterocycles. The number of rotatable bonds is 3. The van der Waals surface area contributed by atoms with E-state index in [0.717, 1.165) is 0 Å². The summed E-state index contributed by atoms with van der Waals surface area (Å²) in [6.07, 6.45) is 1.33. The van der Waals surface area contributed by atoms with E-state index >= 15 is 0 Å².